The maximum Gasteiger partial charge on any atom is 4.00 e. The third kappa shape index (κ3) is 9.81. The van der Waals surface area contributed by atoms with Gasteiger partial charge in [0.25, 0.3) is 0 Å². The summed E-state index contributed by atoms with van der Waals surface area (Å²) in [7, 11) is -2.90. The smallest absolute Gasteiger partial charge is 0.342 e. The molecule has 0 saturated heterocycles. The molecule has 1 aromatic rings. The van der Waals surface area contributed by atoms with E-state index >= 15 is 0 Å². The Bertz CT molecular complexity index is 727. The van der Waals surface area contributed by atoms with E-state index in [-0.39, 0.29) is 26.2 Å². The molecular formula is C29H52Si3Zr+2. The van der Waals surface area contributed by atoms with Crippen molar-refractivity contribution < 1.29 is 26.2 Å². The second-order valence-corrected chi connectivity index (χ2v) is 29.2. The van der Waals surface area contributed by atoms with Crippen LogP contribution in [0.1, 0.15) is 56.1 Å². The van der Waals surface area contributed by atoms with E-state index in [9.17, 15) is 0 Å². The fourth-order valence-corrected chi connectivity index (χ4v) is 11.7. The molecule has 4 heteroatoms. The summed E-state index contributed by atoms with van der Waals surface area (Å²) in [5, 5.41) is 0. The van der Waals surface area contributed by atoms with Crippen LogP contribution in [0.5, 0.6) is 0 Å². The van der Waals surface area contributed by atoms with E-state index in [4.69, 9.17) is 0 Å². The van der Waals surface area contributed by atoms with E-state index in [2.05, 4.69) is 109 Å². The van der Waals surface area contributed by atoms with Gasteiger partial charge < -0.3 is 13.1 Å². The van der Waals surface area contributed by atoms with Crippen LogP contribution in [0.4, 0.5) is 0 Å². The van der Waals surface area contributed by atoms with Crippen LogP contribution in [0.25, 0.3) is 6.08 Å². The average Bonchev–Trinajstić information content (AvgIpc) is 3.26. The van der Waals surface area contributed by atoms with Crippen molar-refractivity contribution >= 4 is 30.3 Å². The number of rotatable bonds is 2. The average molecular weight is 576 g/mol. The molecule has 2 saturated carbocycles. The van der Waals surface area contributed by atoms with Crippen molar-refractivity contribution in [1.29, 1.82) is 0 Å². The molecular weight excluding hydrogens is 524 g/mol. The molecule has 0 radical (unpaired) electrons. The third-order valence-electron chi connectivity index (χ3n) is 7.28. The van der Waals surface area contributed by atoms with Gasteiger partial charge in [0.1, 0.15) is 0 Å². The van der Waals surface area contributed by atoms with Gasteiger partial charge in [-0.05, 0) is 46.4 Å². The molecule has 0 aliphatic heterocycles. The molecule has 0 spiro atoms. The van der Waals surface area contributed by atoms with E-state index in [1.54, 1.807) is 5.56 Å². The molecule has 3 aliphatic rings. The van der Waals surface area contributed by atoms with Crippen LogP contribution in [0.2, 0.25) is 63.5 Å². The fraction of sp³-hybridized carbons (Fsp3) is 0.655. The summed E-state index contributed by atoms with van der Waals surface area (Å²) in [4.78, 5) is 0. The fourth-order valence-electron chi connectivity index (χ4n) is 6.31. The van der Waals surface area contributed by atoms with Crippen molar-refractivity contribution in [1.82, 2.24) is 0 Å². The van der Waals surface area contributed by atoms with E-state index in [0.717, 1.165) is 28.8 Å². The van der Waals surface area contributed by atoms with E-state index in [1.807, 2.05) is 0 Å². The Balaban J connectivity index is 0.000000422. The van der Waals surface area contributed by atoms with Gasteiger partial charge in [-0.1, -0.05) is 121 Å². The molecule has 0 aromatic heterocycles. The summed E-state index contributed by atoms with van der Waals surface area (Å²) in [6.45, 7) is 29.1. The van der Waals surface area contributed by atoms with Gasteiger partial charge in [0, 0.05) is 0 Å². The van der Waals surface area contributed by atoms with Crippen LogP contribution in [0.15, 0.2) is 30.3 Å². The van der Waals surface area contributed by atoms with Gasteiger partial charge >= 0.3 is 26.2 Å². The molecule has 3 aliphatic carbocycles. The first-order chi connectivity index (χ1) is 14.6. The predicted octanol–water partition coefficient (Wildman–Crippen LogP) is 9.87. The van der Waals surface area contributed by atoms with Gasteiger partial charge in [0.15, 0.2) is 0 Å². The first-order valence-corrected chi connectivity index (χ1v) is 23.6. The molecule has 0 amide bonds. The van der Waals surface area contributed by atoms with Gasteiger partial charge in [0.2, 0.25) is 0 Å². The molecule has 4 unspecified atom stereocenters. The number of fused-ring (bicyclic) bond motifs is 3. The number of allylic oxidation sites excluding steroid dienone is 1. The minimum atomic E-state index is -1.18. The number of hydrogen-bond donors (Lipinski definition) is 0. The Morgan fingerprint density at radius 3 is 1.82 bits per heavy atom. The number of benzene rings is 1. The molecule has 33 heavy (non-hydrogen) atoms. The van der Waals surface area contributed by atoms with Crippen molar-refractivity contribution in [3.8, 4) is 0 Å². The topological polar surface area (TPSA) is 0 Å². The van der Waals surface area contributed by atoms with Crippen molar-refractivity contribution in [3.05, 3.63) is 54.6 Å². The molecule has 0 nitrogen and oxygen atoms in total. The number of hydrogen-bond acceptors (Lipinski definition) is 0. The zero-order valence-electron chi connectivity index (χ0n) is 23.3. The third-order valence-corrected chi connectivity index (χ3v) is 12.6. The summed E-state index contributed by atoms with van der Waals surface area (Å²) in [5.41, 5.74) is 5.20. The van der Waals surface area contributed by atoms with Gasteiger partial charge in [0.05, 0.1) is 8.07 Å². The monoisotopic (exact) mass is 574 g/mol. The van der Waals surface area contributed by atoms with Gasteiger partial charge in [-0.15, -0.1) is 16.1 Å². The van der Waals surface area contributed by atoms with Crippen molar-refractivity contribution in [2.75, 3.05) is 0 Å². The Kier molecular flexibility index (Phi) is 12.1. The molecule has 4 atom stereocenters. The SMILES string of the molecule is CC1CC2c3ccccc3C=CC2C1[Si](C)(C)C1CCCC1.[CH2-][Si](C)(C)C.[CH2-][Si](C)(C)C.[Zr+4]. The van der Waals surface area contributed by atoms with E-state index < -0.39 is 24.2 Å². The second kappa shape index (κ2) is 12.6. The van der Waals surface area contributed by atoms with Crippen LogP contribution >= 0.6 is 0 Å². The largest absolute Gasteiger partial charge is 4.00 e. The van der Waals surface area contributed by atoms with Gasteiger partial charge in [-0.2, -0.15) is 0 Å². The summed E-state index contributed by atoms with van der Waals surface area (Å²) in [5.74, 6) is 2.54. The zero-order chi connectivity index (χ0) is 24.3. The summed E-state index contributed by atoms with van der Waals surface area (Å²) in [6, 6.07) is 9.14. The summed E-state index contributed by atoms with van der Waals surface area (Å²) < 4.78 is 0. The normalized spacial score (nSPS) is 26.8. The molecule has 4 rings (SSSR count). The van der Waals surface area contributed by atoms with Crippen LogP contribution in [-0.4, -0.2) is 24.2 Å². The van der Waals surface area contributed by atoms with Crippen molar-refractivity contribution in [2.24, 2.45) is 11.8 Å². The van der Waals surface area contributed by atoms with E-state index in [1.165, 1.54) is 37.7 Å². The molecule has 2 fully saturated rings. The minimum Gasteiger partial charge on any atom is -0.342 e. The predicted molar refractivity (Wildman–Crippen MR) is 156 cm³/mol. The summed E-state index contributed by atoms with van der Waals surface area (Å²) in [6.07, 6.45) is 12.5. The molecule has 1 aromatic carbocycles. The standard InChI is InChI=1S/C21H30Si.2C4H11Si.Zr/c1-15-14-20-18-11-7-4-8-16(18)12-13-19(20)21(15)22(2,3)17-9-5-6-10-17;2*1-5(2,3)4;/h4,7-8,11-13,15,17,19-21H,5-6,9-10,14H2,1-3H3;2*1H2,2-4H3;/q;2*-1;+4. The first-order valence-electron chi connectivity index (χ1n) is 13.1. The van der Waals surface area contributed by atoms with Gasteiger partial charge in [-0.25, -0.2) is 0 Å². The molecule has 0 N–H and O–H groups in total. The second-order valence-electron chi connectivity index (χ2n) is 13.8. The Morgan fingerprint density at radius 1 is 0.818 bits per heavy atom. The summed E-state index contributed by atoms with van der Waals surface area (Å²) >= 11 is 0. The maximum absolute atomic E-state index is 3.91. The van der Waals surface area contributed by atoms with Crippen molar-refractivity contribution in [3.63, 3.8) is 0 Å². The maximum atomic E-state index is 3.91. The van der Waals surface area contributed by atoms with Gasteiger partial charge in [-0.3, -0.25) is 0 Å². The Hall–Kier alpha value is 0.494. The van der Waals surface area contributed by atoms with Crippen LogP contribution in [-0.2, 0) is 26.2 Å². The Morgan fingerprint density at radius 2 is 1.30 bits per heavy atom. The van der Waals surface area contributed by atoms with Crippen molar-refractivity contribution in [2.45, 2.75) is 108 Å². The molecule has 0 heterocycles. The van der Waals surface area contributed by atoms with Crippen LogP contribution in [0.3, 0.4) is 0 Å². The zero-order valence-corrected chi connectivity index (χ0v) is 28.8. The molecule has 182 valence electrons. The van der Waals surface area contributed by atoms with Crippen LogP contribution < -0.4 is 0 Å². The minimum absolute atomic E-state index is 0. The van der Waals surface area contributed by atoms with Crippen LogP contribution in [0, 0.1) is 24.9 Å². The Labute approximate surface area is 230 Å². The first kappa shape index (κ1) is 31.5. The quantitative estimate of drug-likeness (QED) is 0.243. The molecule has 0 bridgehead atoms. The van der Waals surface area contributed by atoms with E-state index in [0.29, 0.717) is 0 Å².